The van der Waals surface area contributed by atoms with Gasteiger partial charge in [0.25, 0.3) is 0 Å². The summed E-state index contributed by atoms with van der Waals surface area (Å²) in [7, 11) is 0. The lowest BCUT2D eigenvalue weighted by Gasteiger charge is -2.00. The molecule has 0 aliphatic heterocycles. The monoisotopic (exact) mass is 293 g/mol. The average molecular weight is 294 g/mol. The van der Waals surface area contributed by atoms with Crippen molar-refractivity contribution < 1.29 is 14.3 Å². The first kappa shape index (κ1) is 14.6. The molecule has 0 bridgehead atoms. The molecule has 0 aliphatic rings. The van der Waals surface area contributed by atoms with E-state index in [2.05, 4.69) is 4.98 Å². The maximum Gasteiger partial charge on any atom is 0.373 e. The van der Waals surface area contributed by atoms with Gasteiger partial charge in [-0.05, 0) is 37.0 Å². The van der Waals surface area contributed by atoms with Crippen molar-refractivity contribution in [3.63, 3.8) is 0 Å². The van der Waals surface area contributed by atoms with Gasteiger partial charge in [-0.1, -0.05) is 31.5 Å². The Morgan fingerprint density at radius 3 is 2.70 bits per heavy atom. The molecular weight excluding hydrogens is 278 g/mol. The summed E-state index contributed by atoms with van der Waals surface area (Å²) in [4.78, 5) is 15.5. The summed E-state index contributed by atoms with van der Waals surface area (Å²) < 4.78 is 5.39. The van der Waals surface area contributed by atoms with Crippen LogP contribution in [0.25, 0.3) is 11.5 Å². The number of aromatic carboxylic acids is 1. The van der Waals surface area contributed by atoms with Crippen LogP contribution in [0.3, 0.4) is 0 Å². The number of benzene rings is 1. The second-order valence-electron chi connectivity index (χ2n) is 5.16. The Bertz CT molecular complexity index is 647. The Balaban J connectivity index is 2.46. The molecule has 20 heavy (non-hydrogen) atoms. The number of nitrogens with zero attached hydrogens (tertiary/aromatic N) is 1. The van der Waals surface area contributed by atoms with E-state index in [4.69, 9.17) is 16.0 Å². The van der Waals surface area contributed by atoms with Gasteiger partial charge in [-0.3, -0.25) is 0 Å². The van der Waals surface area contributed by atoms with Crippen LogP contribution in [0.5, 0.6) is 0 Å². The third-order valence-electron chi connectivity index (χ3n) is 2.91. The number of halogens is 1. The van der Waals surface area contributed by atoms with Crippen LogP contribution in [0.4, 0.5) is 0 Å². The van der Waals surface area contributed by atoms with Crippen LogP contribution in [0.1, 0.15) is 35.7 Å². The predicted molar refractivity (Wildman–Crippen MR) is 77.2 cm³/mol. The number of hydrogen-bond donors (Lipinski definition) is 1. The molecule has 0 fully saturated rings. The van der Waals surface area contributed by atoms with Crippen LogP contribution in [-0.4, -0.2) is 16.1 Å². The van der Waals surface area contributed by atoms with Crippen molar-refractivity contribution in [2.45, 2.75) is 27.2 Å². The summed E-state index contributed by atoms with van der Waals surface area (Å²) in [5.41, 5.74) is 2.10. The average Bonchev–Trinajstić information content (AvgIpc) is 2.76. The highest BCUT2D eigenvalue weighted by Crippen LogP contribution is 2.27. The van der Waals surface area contributed by atoms with Gasteiger partial charge in [0.1, 0.15) is 0 Å². The molecular formula is C15H16ClNO3. The maximum atomic E-state index is 11.2. The number of hydrogen-bond acceptors (Lipinski definition) is 3. The molecule has 0 unspecified atom stereocenters. The van der Waals surface area contributed by atoms with Gasteiger partial charge < -0.3 is 9.52 Å². The smallest absolute Gasteiger partial charge is 0.373 e. The summed E-state index contributed by atoms with van der Waals surface area (Å²) >= 11 is 6.07. The van der Waals surface area contributed by atoms with Gasteiger partial charge in [0.15, 0.2) is 0 Å². The first-order valence-electron chi connectivity index (χ1n) is 6.38. The van der Waals surface area contributed by atoms with Crippen LogP contribution in [-0.2, 0) is 6.42 Å². The SMILES string of the molecule is Cc1ccc(-c2nc(CC(C)C)c(C(=O)O)o2)cc1Cl. The highest BCUT2D eigenvalue weighted by molar-refractivity contribution is 6.31. The van der Waals surface area contributed by atoms with E-state index in [1.807, 2.05) is 32.9 Å². The molecule has 1 heterocycles. The first-order valence-corrected chi connectivity index (χ1v) is 6.75. The van der Waals surface area contributed by atoms with E-state index in [-0.39, 0.29) is 5.76 Å². The zero-order valence-corrected chi connectivity index (χ0v) is 12.4. The molecule has 1 aromatic carbocycles. The molecule has 4 nitrogen and oxygen atoms in total. The Morgan fingerprint density at radius 2 is 2.15 bits per heavy atom. The first-order chi connectivity index (χ1) is 9.38. The van der Waals surface area contributed by atoms with Crippen molar-refractivity contribution in [1.29, 1.82) is 0 Å². The quantitative estimate of drug-likeness (QED) is 0.917. The largest absolute Gasteiger partial charge is 0.475 e. The van der Waals surface area contributed by atoms with Crippen LogP contribution in [0.15, 0.2) is 22.6 Å². The summed E-state index contributed by atoms with van der Waals surface area (Å²) in [5, 5.41) is 9.78. The number of carbonyl (C=O) groups is 1. The fraction of sp³-hybridized carbons (Fsp3) is 0.333. The molecule has 0 atom stereocenters. The number of oxazole rings is 1. The number of rotatable bonds is 4. The van der Waals surface area contributed by atoms with Crippen LogP contribution >= 0.6 is 11.6 Å². The van der Waals surface area contributed by atoms with E-state index < -0.39 is 5.97 Å². The molecule has 106 valence electrons. The minimum absolute atomic E-state index is 0.0922. The van der Waals surface area contributed by atoms with E-state index in [0.29, 0.717) is 34.5 Å². The number of aromatic nitrogens is 1. The van der Waals surface area contributed by atoms with Gasteiger partial charge in [-0.15, -0.1) is 0 Å². The molecule has 5 heteroatoms. The number of carboxylic acid groups (broad SMARTS) is 1. The standard InChI is InChI=1S/C15H16ClNO3/c1-8(2)6-12-13(15(18)19)20-14(17-12)10-5-4-9(3)11(16)7-10/h4-5,7-8H,6H2,1-3H3,(H,18,19). The topological polar surface area (TPSA) is 63.3 Å². The summed E-state index contributed by atoms with van der Waals surface area (Å²) in [6.45, 7) is 5.90. The maximum absolute atomic E-state index is 11.2. The highest BCUT2D eigenvalue weighted by atomic mass is 35.5. The molecule has 0 aliphatic carbocycles. The molecule has 0 saturated carbocycles. The minimum atomic E-state index is -1.10. The molecule has 1 N–H and O–H groups in total. The second-order valence-corrected chi connectivity index (χ2v) is 5.57. The number of carboxylic acids is 1. The van der Waals surface area contributed by atoms with Crippen LogP contribution < -0.4 is 0 Å². The van der Waals surface area contributed by atoms with E-state index in [1.165, 1.54) is 0 Å². The van der Waals surface area contributed by atoms with E-state index in [0.717, 1.165) is 5.56 Å². The van der Waals surface area contributed by atoms with Crippen molar-refractivity contribution in [1.82, 2.24) is 4.98 Å². The van der Waals surface area contributed by atoms with E-state index in [1.54, 1.807) is 6.07 Å². The fourth-order valence-corrected chi connectivity index (χ4v) is 2.07. The predicted octanol–water partition coefficient (Wildman–Crippen LogP) is 4.20. The summed E-state index contributed by atoms with van der Waals surface area (Å²) in [6, 6.07) is 5.40. The molecule has 0 spiro atoms. The van der Waals surface area contributed by atoms with Gasteiger partial charge in [0.2, 0.25) is 11.7 Å². The van der Waals surface area contributed by atoms with E-state index in [9.17, 15) is 9.90 Å². The van der Waals surface area contributed by atoms with Gasteiger partial charge in [0, 0.05) is 10.6 Å². The van der Waals surface area contributed by atoms with Crippen molar-refractivity contribution in [3.05, 3.63) is 40.2 Å². The molecule has 2 aromatic rings. The van der Waals surface area contributed by atoms with Gasteiger partial charge in [-0.2, -0.15) is 0 Å². The fourth-order valence-electron chi connectivity index (χ4n) is 1.89. The normalized spacial score (nSPS) is 11.1. The Labute approximate surface area is 122 Å². The van der Waals surface area contributed by atoms with Gasteiger partial charge in [-0.25, -0.2) is 9.78 Å². The number of aryl methyl sites for hydroxylation is 1. The van der Waals surface area contributed by atoms with Crippen molar-refractivity contribution in [3.8, 4) is 11.5 Å². The lowest BCUT2D eigenvalue weighted by atomic mass is 10.1. The Morgan fingerprint density at radius 1 is 1.45 bits per heavy atom. The molecule has 1 aromatic heterocycles. The second kappa shape index (κ2) is 5.67. The summed E-state index contributed by atoms with van der Waals surface area (Å²) in [6.07, 6.45) is 0.560. The van der Waals surface area contributed by atoms with Gasteiger partial charge >= 0.3 is 5.97 Å². The van der Waals surface area contributed by atoms with Gasteiger partial charge in [0.05, 0.1) is 5.69 Å². The third-order valence-corrected chi connectivity index (χ3v) is 3.32. The minimum Gasteiger partial charge on any atom is -0.475 e. The van der Waals surface area contributed by atoms with Crippen molar-refractivity contribution in [2.24, 2.45) is 5.92 Å². The van der Waals surface area contributed by atoms with Crippen molar-refractivity contribution in [2.75, 3.05) is 0 Å². The van der Waals surface area contributed by atoms with Crippen molar-refractivity contribution >= 4 is 17.6 Å². The summed E-state index contributed by atoms with van der Waals surface area (Å²) in [5.74, 6) is -0.601. The lowest BCUT2D eigenvalue weighted by molar-refractivity contribution is 0.0661. The molecule has 0 amide bonds. The highest BCUT2D eigenvalue weighted by Gasteiger charge is 2.21. The zero-order valence-electron chi connectivity index (χ0n) is 11.6. The lowest BCUT2D eigenvalue weighted by Crippen LogP contribution is -2.03. The van der Waals surface area contributed by atoms with Crippen LogP contribution in [0.2, 0.25) is 5.02 Å². The zero-order chi connectivity index (χ0) is 14.9. The Kier molecular flexibility index (Phi) is 4.14. The van der Waals surface area contributed by atoms with Crippen LogP contribution in [0, 0.1) is 12.8 Å². The van der Waals surface area contributed by atoms with E-state index >= 15 is 0 Å². The molecule has 0 radical (unpaired) electrons. The Hall–Kier alpha value is -1.81. The third kappa shape index (κ3) is 3.02. The molecule has 2 rings (SSSR count). The molecule has 0 saturated heterocycles.